The highest BCUT2D eigenvalue weighted by atomic mass is 16.5. The standard InChI is InChI=1S/C66H70N4O/c1-62(2,3)46-33-34-67-61(38-46)70-57-30-21-20-29-53(57)54-32-31-52(40-58(54)70)71-51-28-22-27-49(39-51)68-43-69(60-42-56(64(7,8)9)55(41-59(60)68)63(4,5)6)50-36-47(65(10,11)44-23-16-14-17-24-44)35-48(37-50)66(12,13)45-25-18-15-19-26-45/h14-42H,43H2,1-13H3. The van der Waals surface area contributed by atoms with Gasteiger partial charge in [-0.2, -0.15) is 0 Å². The Morgan fingerprint density at radius 1 is 0.394 bits per heavy atom. The number of hydrogen-bond donors (Lipinski definition) is 0. The molecule has 9 aromatic rings. The van der Waals surface area contributed by atoms with Crippen molar-refractivity contribution in [3.63, 3.8) is 0 Å². The maximum absolute atomic E-state index is 6.91. The van der Waals surface area contributed by atoms with E-state index in [4.69, 9.17) is 9.72 Å². The molecule has 5 heteroatoms. The van der Waals surface area contributed by atoms with Crippen LogP contribution < -0.4 is 14.5 Å². The van der Waals surface area contributed by atoms with Crippen LogP contribution in [0.5, 0.6) is 11.5 Å². The van der Waals surface area contributed by atoms with E-state index in [0.29, 0.717) is 6.67 Å². The van der Waals surface area contributed by atoms with Crippen molar-refractivity contribution in [2.24, 2.45) is 0 Å². The van der Waals surface area contributed by atoms with E-state index in [-0.39, 0.29) is 27.1 Å². The molecule has 0 spiro atoms. The Balaban J connectivity index is 1.10. The van der Waals surface area contributed by atoms with E-state index >= 15 is 0 Å². The molecule has 0 saturated heterocycles. The van der Waals surface area contributed by atoms with Crippen LogP contribution in [0.4, 0.5) is 22.7 Å². The molecule has 0 aliphatic carbocycles. The molecule has 0 atom stereocenters. The minimum Gasteiger partial charge on any atom is -0.457 e. The number of rotatable bonds is 9. The van der Waals surface area contributed by atoms with Crippen LogP contribution in [0.3, 0.4) is 0 Å². The molecular weight excluding hydrogens is 865 g/mol. The van der Waals surface area contributed by atoms with Gasteiger partial charge in [-0.05, 0) is 122 Å². The van der Waals surface area contributed by atoms with E-state index in [0.717, 1.165) is 39.4 Å². The molecule has 0 radical (unpaired) electrons. The fraction of sp³-hybridized carbons (Fsp3) is 0.288. The van der Waals surface area contributed by atoms with Gasteiger partial charge in [0.25, 0.3) is 0 Å². The average molecular weight is 935 g/mol. The molecule has 71 heavy (non-hydrogen) atoms. The fourth-order valence-electron chi connectivity index (χ4n) is 10.6. The number of ether oxygens (including phenoxy) is 1. The van der Waals surface area contributed by atoms with Gasteiger partial charge in [0.2, 0.25) is 0 Å². The van der Waals surface area contributed by atoms with E-state index in [1.54, 1.807) is 0 Å². The zero-order chi connectivity index (χ0) is 50.3. The van der Waals surface area contributed by atoms with Gasteiger partial charge in [0, 0.05) is 51.3 Å². The smallest absolute Gasteiger partial charge is 0.137 e. The summed E-state index contributed by atoms with van der Waals surface area (Å²) < 4.78 is 9.19. The third-order valence-electron chi connectivity index (χ3n) is 15.1. The second kappa shape index (κ2) is 17.3. The van der Waals surface area contributed by atoms with Gasteiger partial charge in [-0.1, -0.05) is 181 Å². The number of fused-ring (bicyclic) bond motifs is 4. The minimum absolute atomic E-state index is 0.0165. The van der Waals surface area contributed by atoms with E-state index in [1.807, 2.05) is 6.20 Å². The van der Waals surface area contributed by atoms with Gasteiger partial charge in [-0.15, -0.1) is 0 Å². The van der Waals surface area contributed by atoms with Crippen LogP contribution in [-0.4, -0.2) is 16.2 Å². The van der Waals surface area contributed by atoms with Crippen LogP contribution >= 0.6 is 0 Å². The molecule has 5 nitrogen and oxygen atoms in total. The van der Waals surface area contributed by atoms with Crippen molar-refractivity contribution in [1.82, 2.24) is 9.55 Å². The van der Waals surface area contributed by atoms with Crippen LogP contribution in [-0.2, 0) is 27.1 Å². The van der Waals surface area contributed by atoms with Crippen LogP contribution in [0.25, 0.3) is 27.6 Å². The summed E-state index contributed by atoms with van der Waals surface area (Å²) in [5.41, 5.74) is 15.2. The Hall–Kier alpha value is -7.11. The molecule has 0 amide bonds. The van der Waals surface area contributed by atoms with Gasteiger partial charge in [0.1, 0.15) is 24.0 Å². The highest BCUT2D eigenvalue weighted by molar-refractivity contribution is 6.09. The molecule has 0 unspecified atom stereocenters. The van der Waals surface area contributed by atoms with Gasteiger partial charge < -0.3 is 14.5 Å². The van der Waals surface area contributed by atoms with Gasteiger partial charge >= 0.3 is 0 Å². The van der Waals surface area contributed by atoms with E-state index in [1.165, 1.54) is 61.4 Å². The molecule has 0 saturated carbocycles. The predicted molar refractivity (Wildman–Crippen MR) is 300 cm³/mol. The average Bonchev–Trinajstić information content (AvgIpc) is 3.89. The van der Waals surface area contributed by atoms with Crippen LogP contribution in [0.2, 0.25) is 0 Å². The van der Waals surface area contributed by atoms with E-state index in [9.17, 15) is 0 Å². The first-order valence-electron chi connectivity index (χ1n) is 25.4. The molecule has 7 aromatic carbocycles. The van der Waals surface area contributed by atoms with Crippen molar-refractivity contribution in [2.45, 2.75) is 117 Å². The maximum atomic E-state index is 6.91. The van der Waals surface area contributed by atoms with Gasteiger partial charge in [-0.25, -0.2) is 4.98 Å². The highest BCUT2D eigenvalue weighted by Crippen LogP contribution is 2.51. The lowest BCUT2D eigenvalue weighted by molar-refractivity contribution is 0.483. The van der Waals surface area contributed by atoms with Crippen LogP contribution in [0.1, 0.15) is 129 Å². The number of hydrogen-bond acceptors (Lipinski definition) is 4. The van der Waals surface area contributed by atoms with Crippen molar-refractivity contribution >= 4 is 44.6 Å². The monoisotopic (exact) mass is 935 g/mol. The third kappa shape index (κ3) is 8.79. The van der Waals surface area contributed by atoms with Gasteiger partial charge in [-0.3, -0.25) is 4.57 Å². The Bertz CT molecular complexity index is 3360. The number of benzene rings is 7. The summed E-state index contributed by atoms with van der Waals surface area (Å²) in [6.45, 7) is 30.9. The molecule has 0 N–H and O–H groups in total. The van der Waals surface area contributed by atoms with Crippen molar-refractivity contribution in [1.29, 1.82) is 0 Å². The second-order valence-electron chi connectivity index (χ2n) is 23.9. The van der Waals surface area contributed by atoms with Crippen molar-refractivity contribution < 1.29 is 4.74 Å². The van der Waals surface area contributed by atoms with Crippen LogP contribution in [0.15, 0.2) is 176 Å². The Kier molecular flexibility index (Phi) is 11.6. The quantitative estimate of drug-likeness (QED) is 0.144. The van der Waals surface area contributed by atoms with Crippen molar-refractivity contribution in [2.75, 3.05) is 16.5 Å². The number of nitrogens with zero attached hydrogens (tertiary/aromatic N) is 4. The highest BCUT2D eigenvalue weighted by Gasteiger charge is 2.37. The lowest BCUT2D eigenvalue weighted by Crippen LogP contribution is -2.27. The first kappa shape index (κ1) is 47.6. The Morgan fingerprint density at radius 3 is 1.51 bits per heavy atom. The summed E-state index contributed by atoms with van der Waals surface area (Å²) in [5.74, 6) is 2.44. The molecule has 1 aliphatic rings. The number of anilines is 4. The largest absolute Gasteiger partial charge is 0.457 e. The summed E-state index contributed by atoms with van der Waals surface area (Å²) in [4.78, 5) is 9.96. The molecule has 360 valence electrons. The maximum Gasteiger partial charge on any atom is 0.137 e. The summed E-state index contributed by atoms with van der Waals surface area (Å²) >= 11 is 0. The first-order valence-corrected chi connectivity index (χ1v) is 25.4. The van der Waals surface area contributed by atoms with Gasteiger partial charge in [0.05, 0.1) is 22.4 Å². The number of aromatic nitrogens is 2. The topological polar surface area (TPSA) is 33.5 Å². The fourth-order valence-corrected chi connectivity index (χ4v) is 10.6. The SMILES string of the molecule is CC(C)(C)c1ccnc(-n2c3ccccc3c3ccc(Oc4cccc(N5CN(c6cc(C(C)(C)c7ccccc7)cc(C(C)(C)c7ccccc7)c6)c6cc(C(C)(C)C)c(C(C)(C)C)cc65)c4)cc32)c1. The molecule has 3 heterocycles. The Morgan fingerprint density at radius 2 is 0.930 bits per heavy atom. The molecular formula is C66H70N4O. The summed E-state index contributed by atoms with van der Waals surface area (Å²) in [6, 6.07) is 62.3. The zero-order valence-electron chi connectivity index (χ0n) is 44.1. The summed E-state index contributed by atoms with van der Waals surface area (Å²) in [7, 11) is 0. The van der Waals surface area contributed by atoms with E-state index in [2.05, 4.69) is 274 Å². The van der Waals surface area contributed by atoms with Crippen LogP contribution in [0, 0.1) is 0 Å². The summed E-state index contributed by atoms with van der Waals surface area (Å²) in [6.07, 6.45) is 1.93. The van der Waals surface area contributed by atoms with Gasteiger partial charge in [0.15, 0.2) is 0 Å². The summed E-state index contributed by atoms with van der Waals surface area (Å²) in [5, 5.41) is 2.35. The predicted octanol–water partition coefficient (Wildman–Crippen LogP) is 17.8. The molecule has 1 aliphatic heterocycles. The molecule has 2 aromatic heterocycles. The number of pyridine rings is 1. The molecule has 0 fully saturated rings. The third-order valence-corrected chi connectivity index (χ3v) is 15.1. The molecule has 10 rings (SSSR count). The lowest BCUT2D eigenvalue weighted by atomic mass is 9.73. The molecule has 0 bridgehead atoms. The first-order chi connectivity index (χ1) is 33.6. The number of para-hydroxylation sites is 1. The lowest BCUT2D eigenvalue weighted by Gasteiger charge is -2.34. The normalized spacial score (nSPS) is 13.6. The minimum atomic E-state index is -0.260. The van der Waals surface area contributed by atoms with Crippen molar-refractivity contribution in [3.05, 3.63) is 215 Å². The zero-order valence-corrected chi connectivity index (χ0v) is 44.1. The van der Waals surface area contributed by atoms with Crippen molar-refractivity contribution in [3.8, 4) is 17.3 Å². The Labute approximate surface area is 422 Å². The second-order valence-corrected chi connectivity index (χ2v) is 23.9. The van der Waals surface area contributed by atoms with E-state index < -0.39 is 0 Å².